The van der Waals surface area contributed by atoms with Crippen molar-refractivity contribution < 1.29 is 19.4 Å². The maximum Gasteiger partial charge on any atom is 0.320 e. The molecule has 0 radical (unpaired) electrons. The van der Waals surface area contributed by atoms with Crippen LogP contribution in [0.3, 0.4) is 0 Å². The minimum atomic E-state index is -0.835. The maximum absolute atomic E-state index is 11.0. The number of nitrogens with zero attached hydrogens (tertiary/aromatic N) is 1. The Balaban J connectivity index is 3.07. The molecule has 5 nitrogen and oxygen atoms in total. The predicted molar refractivity (Wildman–Crippen MR) is 79.9 cm³/mol. The number of hydrogen-bond acceptors (Lipinski definition) is 5. The van der Waals surface area contributed by atoms with Gasteiger partial charge in [0.1, 0.15) is 6.04 Å². The number of hydrogen-bond donors (Lipinski definition) is 1. The first-order valence-electron chi connectivity index (χ1n) is 6.16. The van der Waals surface area contributed by atoms with E-state index >= 15 is 0 Å². The van der Waals surface area contributed by atoms with Crippen LogP contribution in [-0.4, -0.2) is 49.5 Å². The van der Waals surface area contributed by atoms with Crippen LogP contribution in [0.5, 0.6) is 11.5 Å². The number of rotatable bonds is 7. The number of carboxylic acid groups (broad SMARTS) is 1. The molecule has 0 saturated heterocycles. The second-order valence-electron chi connectivity index (χ2n) is 4.45. The predicted octanol–water partition coefficient (Wildman–Crippen LogP) is 2.33. The summed E-state index contributed by atoms with van der Waals surface area (Å²) in [6.45, 7) is 2.20. The van der Waals surface area contributed by atoms with E-state index in [4.69, 9.17) is 14.6 Å². The molecule has 0 heterocycles. The molecule has 1 atom stereocenters. The van der Waals surface area contributed by atoms with Crippen molar-refractivity contribution in [1.29, 1.82) is 0 Å². The first-order valence-corrected chi connectivity index (χ1v) is 7.39. The highest BCUT2D eigenvalue weighted by Gasteiger charge is 2.19. The molecule has 1 unspecified atom stereocenters. The van der Waals surface area contributed by atoms with Crippen LogP contribution >= 0.6 is 11.8 Å². The lowest BCUT2D eigenvalue weighted by atomic mass is 10.1. The van der Waals surface area contributed by atoms with Gasteiger partial charge in [0, 0.05) is 11.4 Å². The lowest BCUT2D eigenvalue weighted by Crippen LogP contribution is -2.35. The van der Waals surface area contributed by atoms with E-state index in [2.05, 4.69) is 0 Å². The van der Waals surface area contributed by atoms with Gasteiger partial charge in [0.05, 0.1) is 14.2 Å². The van der Waals surface area contributed by atoms with Gasteiger partial charge in [-0.1, -0.05) is 0 Å². The van der Waals surface area contributed by atoms with Gasteiger partial charge in [-0.2, -0.15) is 0 Å². The van der Waals surface area contributed by atoms with Crippen molar-refractivity contribution >= 4 is 17.7 Å². The number of likely N-dealkylation sites (N-methyl/N-ethyl adjacent to an activating group) is 1. The number of aliphatic carboxylic acids is 1. The smallest absolute Gasteiger partial charge is 0.320 e. The van der Waals surface area contributed by atoms with Crippen LogP contribution < -0.4 is 9.47 Å². The highest BCUT2D eigenvalue weighted by Crippen LogP contribution is 2.35. The molecule has 112 valence electrons. The van der Waals surface area contributed by atoms with Crippen LogP contribution in [0.4, 0.5) is 0 Å². The van der Waals surface area contributed by atoms with Gasteiger partial charge in [0.2, 0.25) is 0 Å². The SMILES string of the molecule is COc1cc(CN(C)C(C)C(=O)O)c(SC)cc1OC. The lowest BCUT2D eigenvalue weighted by molar-refractivity contribution is -0.142. The molecular weight excluding hydrogens is 278 g/mol. The third-order valence-corrected chi connectivity index (χ3v) is 4.04. The van der Waals surface area contributed by atoms with E-state index in [1.807, 2.05) is 18.4 Å². The van der Waals surface area contributed by atoms with Crippen molar-refractivity contribution in [2.75, 3.05) is 27.5 Å². The molecule has 0 fully saturated rings. The van der Waals surface area contributed by atoms with E-state index in [9.17, 15) is 4.79 Å². The highest BCUT2D eigenvalue weighted by atomic mass is 32.2. The molecule has 0 saturated carbocycles. The Hall–Kier alpha value is -1.40. The minimum absolute atomic E-state index is 0.532. The first kappa shape index (κ1) is 16.7. The molecule has 6 heteroatoms. The molecule has 0 aliphatic heterocycles. The molecule has 0 aliphatic rings. The second kappa shape index (κ2) is 7.40. The summed E-state index contributed by atoms with van der Waals surface area (Å²) in [5, 5.41) is 9.05. The molecular formula is C14H21NO4S. The van der Waals surface area contributed by atoms with E-state index < -0.39 is 12.0 Å². The van der Waals surface area contributed by atoms with Crippen molar-refractivity contribution in [3.05, 3.63) is 17.7 Å². The fraction of sp³-hybridized carbons (Fsp3) is 0.500. The van der Waals surface area contributed by atoms with Crippen LogP contribution in [0.25, 0.3) is 0 Å². The van der Waals surface area contributed by atoms with Gasteiger partial charge in [0.25, 0.3) is 0 Å². The standard InChI is InChI=1S/C14H21NO4S/c1-9(14(16)17)15(2)8-10-6-11(18-3)12(19-4)7-13(10)20-5/h6-7,9H,8H2,1-5H3,(H,16,17). The summed E-state index contributed by atoms with van der Waals surface area (Å²) in [4.78, 5) is 13.8. The van der Waals surface area contributed by atoms with Gasteiger partial charge in [-0.05, 0) is 37.9 Å². The van der Waals surface area contributed by atoms with E-state index in [1.54, 1.807) is 44.9 Å². The summed E-state index contributed by atoms with van der Waals surface area (Å²) in [5.41, 5.74) is 1.02. The number of benzene rings is 1. The minimum Gasteiger partial charge on any atom is -0.493 e. The second-order valence-corrected chi connectivity index (χ2v) is 5.30. The molecule has 1 rings (SSSR count). The molecule has 0 bridgehead atoms. The van der Waals surface area contributed by atoms with Crippen LogP contribution in [0, 0.1) is 0 Å². The summed E-state index contributed by atoms with van der Waals surface area (Å²) >= 11 is 1.60. The zero-order chi connectivity index (χ0) is 15.3. The summed E-state index contributed by atoms with van der Waals surface area (Å²) in [5.74, 6) is 0.491. The summed E-state index contributed by atoms with van der Waals surface area (Å²) < 4.78 is 10.6. The van der Waals surface area contributed by atoms with Gasteiger partial charge in [-0.25, -0.2) is 0 Å². The monoisotopic (exact) mass is 299 g/mol. The zero-order valence-corrected chi connectivity index (χ0v) is 13.3. The molecule has 20 heavy (non-hydrogen) atoms. The Morgan fingerprint density at radius 1 is 1.35 bits per heavy atom. The summed E-state index contributed by atoms with van der Waals surface area (Å²) in [7, 11) is 4.98. The molecule has 0 aliphatic carbocycles. The van der Waals surface area contributed by atoms with Crippen molar-refractivity contribution in [2.45, 2.75) is 24.4 Å². The van der Waals surface area contributed by atoms with E-state index in [0.717, 1.165) is 10.5 Å². The van der Waals surface area contributed by atoms with E-state index in [-0.39, 0.29) is 0 Å². The zero-order valence-electron chi connectivity index (χ0n) is 12.5. The molecule has 0 aromatic heterocycles. The van der Waals surface area contributed by atoms with Crippen LogP contribution in [0.1, 0.15) is 12.5 Å². The first-order chi connectivity index (χ1) is 9.44. The van der Waals surface area contributed by atoms with Gasteiger partial charge in [-0.3, -0.25) is 9.69 Å². The summed E-state index contributed by atoms with van der Waals surface area (Å²) in [6, 6.07) is 3.27. The summed E-state index contributed by atoms with van der Waals surface area (Å²) in [6.07, 6.45) is 1.98. The number of methoxy groups -OCH3 is 2. The van der Waals surface area contributed by atoms with Crippen LogP contribution in [0.2, 0.25) is 0 Å². The number of thioether (sulfide) groups is 1. The highest BCUT2D eigenvalue weighted by molar-refractivity contribution is 7.98. The third-order valence-electron chi connectivity index (χ3n) is 3.22. The molecule has 0 spiro atoms. The molecule has 1 aromatic rings. The van der Waals surface area contributed by atoms with Crippen molar-refractivity contribution in [1.82, 2.24) is 4.90 Å². The van der Waals surface area contributed by atoms with Crippen molar-refractivity contribution in [3.8, 4) is 11.5 Å². The molecule has 1 N–H and O–H groups in total. The van der Waals surface area contributed by atoms with Gasteiger partial charge >= 0.3 is 5.97 Å². The Morgan fingerprint density at radius 3 is 2.35 bits per heavy atom. The quantitative estimate of drug-likeness (QED) is 0.780. The Morgan fingerprint density at radius 2 is 1.90 bits per heavy atom. The van der Waals surface area contributed by atoms with Gasteiger partial charge < -0.3 is 14.6 Å². The van der Waals surface area contributed by atoms with E-state index in [0.29, 0.717) is 18.0 Å². The van der Waals surface area contributed by atoms with Gasteiger partial charge in [0.15, 0.2) is 11.5 Å². The topological polar surface area (TPSA) is 59.0 Å². The molecule has 1 aromatic carbocycles. The maximum atomic E-state index is 11.0. The van der Waals surface area contributed by atoms with Crippen LogP contribution in [0.15, 0.2) is 17.0 Å². The Labute approximate surface area is 123 Å². The van der Waals surface area contributed by atoms with Gasteiger partial charge in [-0.15, -0.1) is 11.8 Å². The fourth-order valence-corrected chi connectivity index (χ4v) is 2.42. The van der Waals surface area contributed by atoms with E-state index in [1.165, 1.54) is 0 Å². The average Bonchev–Trinajstić information content (AvgIpc) is 2.45. The van der Waals surface area contributed by atoms with Crippen molar-refractivity contribution in [3.63, 3.8) is 0 Å². The largest absolute Gasteiger partial charge is 0.493 e. The normalized spacial score (nSPS) is 12.3. The Bertz CT molecular complexity index is 478. The number of carboxylic acids is 1. The molecule has 0 amide bonds. The fourth-order valence-electron chi connectivity index (χ4n) is 1.81. The lowest BCUT2D eigenvalue weighted by Gasteiger charge is -2.23. The van der Waals surface area contributed by atoms with Crippen molar-refractivity contribution in [2.24, 2.45) is 0 Å². The number of ether oxygens (including phenoxy) is 2. The van der Waals surface area contributed by atoms with Crippen LogP contribution in [-0.2, 0) is 11.3 Å². The average molecular weight is 299 g/mol. The third kappa shape index (κ3) is 3.80. The number of carbonyl (C=O) groups is 1. The Kier molecular flexibility index (Phi) is 6.16.